The lowest BCUT2D eigenvalue weighted by Gasteiger charge is -2.24. The Labute approximate surface area is 124 Å². The summed E-state index contributed by atoms with van der Waals surface area (Å²) in [4.78, 5) is 7.05. The van der Waals surface area contributed by atoms with Crippen molar-refractivity contribution in [2.45, 2.75) is 18.9 Å². The molecular formula is C17H18N4. The van der Waals surface area contributed by atoms with Crippen LogP contribution in [0.2, 0.25) is 0 Å². The normalized spacial score (nSPS) is 24.8. The predicted molar refractivity (Wildman–Crippen MR) is 83.2 cm³/mol. The Balaban J connectivity index is 1.74. The number of nitriles is 1. The molecule has 2 aliphatic rings. The number of piperidine rings is 1. The minimum Gasteiger partial charge on any atom is -0.354 e. The van der Waals surface area contributed by atoms with E-state index >= 15 is 0 Å². The van der Waals surface area contributed by atoms with Gasteiger partial charge < -0.3 is 10.2 Å². The third-order valence-corrected chi connectivity index (χ3v) is 4.72. The van der Waals surface area contributed by atoms with E-state index in [1.807, 2.05) is 30.3 Å². The zero-order valence-electron chi connectivity index (χ0n) is 11.9. The Hall–Kier alpha value is -2.12. The fourth-order valence-electron chi connectivity index (χ4n) is 3.65. The number of fused-ring (bicyclic) bond motifs is 2. The van der Waals surface area contributed by atoms with Crippen LogP contribution < -0.4 is 10.2 Å². The van der Waals surface area contributed by atoms with E-state index in [9.17, 15) is 5.26 Å². The molecule has 3 heterocycles. The Bertz CT molecular complexity index is 704. The molecule has 4 nitrogen and oxygen atoms in total. The van der Waals surface area contributed by atoms with Crippen molar-refractivity contribution in [1.82, 2.24) is 10.3 Å². The first-order chi connectivity index (χ1) is 10.3. The molecule has 2 saturated heterocycles. The maximum absolute atomic E-state index is 9.46. The standard InChI is InChI=1S/C17H18N4/c18-9-14-8-12-4-1-2-6-15(12)20-17(14)21-10-13-5-3-7-19-16(13)11-21/h1-2,4,6,8,13,16,19H,3,5,7,10-11H2/t13-,16+/m0/s1. The summed E-state index contributed by atoms with van der Waals surface area (Å²) in [5, 5.41) is 14.1. The lowest BCUT2D eigenvalue weighted by Crippen LogP contribution is -2.40. The van der Waals surface area contributed by atoms with Crippen molar-refractivity contribution in [3.63, 3.8) is 0 Å². The van der Waals surface area contributed by atoms with Gasteiger partial charge in [-0.25, -0.2) is 4.98 Å². The van der Waals surface area contributed by atoms with Crippen LogP contribution in [0, 0.1) is 17.2 Å². The van der Waals surface area contributed by atoms with E-state index in [0.29, 0.717) is 17.5 Å². The summed E-state index contributed by atoms with van der Waals surface area (Å²) in [7, 11) is 0. The minimum absolute atomic E-state index is 0.554. The van der Waals surface area contributed by atoms with Gasteiger partial charge in [0.25, 0.3) is 0 Å². The molecule has 0 aliphatic carbocycles. The topological polar surface area (TPSA) is 52.0 Å². The summed E-state index contributed by atoms with van der Waals surface area (Å²) >= 11 is 0. The van der Waals surface area contributed by atoms with E-state index in [0.717, 1.165) is 36.4 Å². The summed E-state index contributed by atoms with van der Waals surface area (Å²) in [6.45, 7) is 3.09. The summed E-state index contributed by atoms with van der Waals surface area (Å²) < 4.78 is 0. The highest BCUT2D eigenvalue weighted by molar-refractivity contribution is 5.83. The number of nitrogens with zero attached hydrogens (tertiary/aromatic N) is 3. The Morgan fingerprint density at radius 1 is 1.29 bits per heavy atom. The molecule has 4 rings (SSSR count). The van der Waals surface area contributed by atoms with Gasteiger partial charge in [0.05, 0.1) is 11.1 Å². The lowest BCUT2D eigenvalue weighted by atomic mass is 9.94. The van der Waals surface area contributed by atoms with Gasteiger partial charge in [0.2, 0.25) is 0 Å². The number of hydrogen-bond acceptors (Lipinski definition) is 4. The molecule has 2 fully saturated rings. The molecule has 0 bridgehead atoms. The molecule has 1 aromatic heterocycles. The number of pyridine rings is 1. The fourth-order valence-corrected chi connectivity index (χ4v) is 3.65. The average molecular weight is 278 g/mol. The minimum atomic E-state index is 0.554. The van der Waals surface area contributed by atoms with Gasteiger partial charge in [0.15, 0.2) is 0 Å². The zero-order chi connectivity index (χ0) is 14.2. The number of rotatable bonds is 1. The van der Waals surface area contributed by atoms with Gasteiger partial charge >= 0.3 is 0 Å². The average Bonchev–Trinajstić information content (AvgIpc) is 2.97. The van der Waals surface area contributed by atoms with Crippen molar-refractivity contribution in [3.05, 3.63) is 35.9 Å². The summed E-state index contributed by atoms with van der Waals surface area (Å²) in [5.41, 5.74) is 1.65. The number of benzene rings is 1. The third kappa shape index (κ3) is 2.14. The van der Waals surface area contributed by atoms with Gasteiger partial charge in [-0.15, -0.1) is 0 Å². The molecule has 2 aromatic rings. The highest BCUT2D eigenvalue weighted by Crippen LogP contribution is 2.31. The van der Waals surface area contributed by atoms with E-state index in [4.69, 9.17) is 4.98 Å². The molecule has 0 amide bonds. The number of nitrogens with one attached hydrogen (secondary N) is 1. The van der Waals surface area contributed by atoms with Gasteiger partial charge in [-0.3, -0.25) is 0 Å². The largest absolute Gasteiger partial charge is 0.354 e. The zero-order valence-corrected chi connectivity index (χ0v) is 11.9. The fraction of sp³-hybridized carbons (Fsp3) is 0.412. The van der Waals surface area contributed by atoms with E-state index in [2.05, 4.69) is 16.3 Å². The van der Waals surface area contributed by atoms with Crippen molar-refractivity contribution in [2.75, 3.05) is 24.5 Å². The number of anilines is 1. The highest BCUT2D eigenvalue weighted by Gasteiger charge is 2.35. The van der Waals surface area contributed by atoms with Gasteiger partial charge in [0.1, 0.15) is 11.9 Å². The van der Waals surface area contributed by atoms with Crippen LogP contribution in [0.15, 0.2) is 30.3 Å². The second kappa shape index (κ2) is 5.01. The van der Waals surface area contributed by atoms with Gasteiger partial charge in [-0.1, -0.05) is 18.2 Å². The molecule has 0 saturated carbocycles. The first kappa shape index (κ1) is 12.6. The van der Waals surface area contributed by atoms with Gasteiger partial charge in [-0.2, -0.15) is 5.26 Å². The number of aromatic nitrogens is 1. The van der Waals surface area contributed by atoms with Crippen LogP contribution in [0.1, 0.15) is 18.4 Å². The Morgan fingerprint density at radius 2 is 2.19 bits per heavy atom. The second-order valence-electron chi connectivity index (χ2n) is 6.03. The van der Waals surface area contributed by atoms with Crippen molar-refractivity contribution in [1.29, 1.82) is 5.26 Å². The van der Waals surface area contributed by atoms with Crippen LogP contribution >= 0.6 is 0 Å². The molecule has 0 unspecified atom stereocenters. The second-order valence-corrected chi connectivity index (χ2v) is 6.03. The van der Waals surface area contributed by atoms with Crippen LogP contribution in [0.5, 0.6) is 0 Å². The molecule has 4 heteroatoms. The molecule has 0 radical (unpaired) electrons. The van der Waals surface area contributed by atoms with Gasteiger partial charge in [0, 0.05) is 24.5 Å². The first-order valence-electron chi connectivity index (χ1n) is 7.63. The summed E-state index contributed by atoms with van der Waals surface area (Å²) in [6.07, 6.45) is 2.54. The lowest BCUT2D eigenvalue weighted by molar-refractivity contribution is 0.340. The number of hydrogen-bond donors (Lipinski definition) is 1. The van der Waals surface area contributed by atoms with E-state index in [-0.39, 0.29) is 0 Å². The monoisotopic (exact) mass is 278 g/mol. The van der Waals surface area contributed by atoms with Crippen molar-refractivity contribution in [3.8, 4) is 6.07 Å². The number of para-hydroxylation sites is 1. The van der Waals surface area contributed by atoms with Crippen molar-refractivity contribution < 1.29 is 0 Å². The molecule has 106 valence electrons. The maximum Gasteiger partial charge on any atom is 0.147 e. The van der Waals surface area contributed by atoms with Crippen molar-refractivity contribution in [2.24, 2.45) is 5.92 Å². The maximum atomic E-state index is 9.46. The molecule has 2 atom stereocenters. The Kier molecular flexibility index (Phi) is 3.01. The quantitative estimate of drug-likeness (QED) is 0.869. The first-order valence-corrected chi connectivity index (χ1v) is 7.63. The van der Waals surface area contributed by atoms with Crippen molar-refractivity contribution >= 4 is 16.7 Å². The summed E-state index contributed by atoms with van der Waals surface area (Å²) in [6, 6.07) is 12.9. The van der Waals surface area contributed by atoms with Gasteiger partial charge in [-0.05, 0) is 37.4 Å². The highest BCUT2D eigenvalue weighted by atomic mass is 15.2. The SMILES string of the molecule is N#Cc1cc2ccccc2nc1N1C[C@@H]2CCCN[C@@H]2C1. The smallest absolute Gasteiger partial charge is 0.147 e. The van der Waals surface area contributed by atoms with E-state index < -0.39 is 0 Å². The molecule has 1 N–H and O–H groups in total. The van der Waals surface area contributed by atoms with Crippen LogP contribution in [0.3, 0.4) is 0 Å². The molecule has 1 aromatic carbocycles. The van der Waals surface area contributed by atoms with Crippen LogP contribution in [-0.2, 0) is 0 Å². The summed E-state index contributed by atoms with van der Waals surface area (Å²) in [5.74, 6) is 1.55. The Morgan fingerprint density at radius 3 is 3.05 bits per heavy atom. The van der Waals surface area contributed by atoms with Crippen LogP contribution in [0.25, 0.3) is 10.9 Å². The van der Waals surface area contributed by atoms with E-state index in [1.54, 1.807) is 0 Å². The molecule has 21 heavy (non-hydrogen) atoms. The molecular weight excluding hydrogens is 260 g/mol. The van der Waals surface area contributed by atoms with E-state index in [1.165, 1.54) is 12.8 Å². The third-order valence-electron chi connectivity index (χ3n) is 4.72. The van der Waals surface area contributed by atoms with Crippen LogP contribution in [-0.4, -0.2) is 30.7 Å². The van der Waals surface area contributed by atoms with Crippen LogP contribution in [0.4, 0.5) is 5.82 Å². The molecule has 0 spiro atoms. The molecule has 2 aliphatic heterocycles. The predicted octanol–water partition coefficient (Wildman–Crippen LogP) is 2.29.